The highest BCUT2D eigenvalue weighted by atomic mass is 16.5. The molecule has 1 heterocycles. The van der Waals surface area contributed by atoms with E-state index >= 15 is 0 Å². The summed E-state index contributed by atoms with van der Waals surface area (Å²) < 4.78 is 5.30. The highest BCUT2D eigenvalue weighted by Gasteiger charge is 2.48. The lowest BCUT2D eigenvalue weighted by Crippen LogP contribution is -2.36. The molecule has 3 rings (SSSR count). The van der Waals surface area contributed by atoms with Gasteiger partial charge in [0.15, 0.2) is 0 Å². The average Bonchev–Trinajstić information content (AvgIpc) is 3.24. The van der Waals surface area contributed by atoms with Gasteiger partial charge in [-0.25, -0.2) is 0 Å². The first-order valence-electron chi connectivity index (χ1n) is 8.64. The number of nitrogens with zero attached hydrogens (tertiary/aromatic N) is 2. The first-order valence-corrected chi connectivity index (χ1v) is 8.64. The highest BCUT2D eigenvalue weighted by Crippen LogP contribution is 2.49. The van der Waals surface area contributed by atoms with Crippen molar-refractivity contribution < 1.29 is 9.53 Å². The van der Waals surface area contributed by atoms with Crippen LogP contribution in [-0.2, 0) is 4.79 Å². The summed E-state index contributed by atoms with van der Waals surface area (Å²) in [5, 5.41) is 0. The fourth-order valence-corrected chi connectivity index (χ4v) is 3.96. The molecule has 1 aromatic rings. The van der Waals surface area contributed by atoms with Gasteiger partial charge in [0, 0.05) is 25.0 Å². The number of rotatable bonds is 5. The van der Waals surface area contributed by atoms with Crippen LogP contribution in [0, 0.1) is 11.8 Å². The van der Waals surface area contributed by atoms with Crippen LogP contribution >= 0.6 is 0 Å². The molecule has 2 fully saturated rings. The number of amides is 1. The van der Waals surface area contributed by atoms with Crippen molar-refractivity contribution in [2.24, 2.45) is 11.8 Å². The number of hydrogen-bond acceptors (Lipinski definition) is 3. The number of likely N-dealkylation sites (tertiary alicyclic amines) is 1. The Labute approximate surface area is 139 Å². The van der Waals surface area contributed by atoms with Crippen LogP contribution in [0.1, 0.15) is 31.2 Å². The predicted molar refractivity (Wildman–Crippen MR) is 91.7 cm³/mol. The van der Waals surface area contributed by atoms with Gasteiger partial charge in [-0.2, -0.15) is 0 Å². The van der Waals surface area contributed by atoms with Crippen molar-refractivity contribution in [1.29, 1.82) is 0 Å². The third-order valence-electron chi connectivity index (χ3n) is 5.54. The number of methoxy groups -OCH3 is 1. The van der Waals surface area contributed by atoms with Crippen LogP contribution < -0.4 is 4.74 Å². The lowest BCUT2D eigenvalue weighted by Gasteiger charge is -2.23. The molecule has 4 heteroatoms. The second-order valence-electron chi connectivity index (χ2n) is 7.17. The zero-order chi connectivity index (χ0) is 16.6. The van der Waals surface area contributed by atoms with Crippen molar-refractivity contribution >= 4 is 5.91 Å². The van der Waals surface area contributed by atoms with Crippen LogP contribution in [0.2, 0.25) is 0 Å². The number of carbonyl (C=O) groups is 1. The van der Waals surface area contributed by atoms with Gasteiger partial charge in [0.1, 0.15) is 5.75 Å². The number of carbonyl (C=O) groups excluding carboxylic acids is 1. The zero-order valence-corrected chi connectivity index (χ0v) is 14.7. The summed E-state index contributed by atoms with van der Waals surface area (Å²) in [7, 11) is 5.93. The molecule has 0 bridgehead atoms. The summed E-state index contributed by atoms with van der Waals surface area (Å²) in [4.78, 5) is 17.2. The molecule has 0 unspecified atom stereocenters. The average molecular weight is 316 g/mol. The second-order valence-corrected chi connectivity index (χ2v) is 7.17. The Hall–Kier alpha value is -1.55. The SMILES string of the molecule is CC[C@@H]1CN(C(=O)[C@@H]2C[C@H]2c2cccc(OC)c2)C[C@H]1N(C)C. The highest BCUT2D eigenvalue weighted by molar-refractivity contribution is 5.83. The molecule has 4 atom stereocenters. The molecule has 1 aliphatic heterocycles. The molecule has 23 heavy (non-hydrogen) atoms. The van der Waals surface area contributed by atoms with E-state index in [9.17, 15) is 4.79 Å². The minimum Gasteiger partial charge on any atom is -0.497 e. The molecule has 4 nitrogen and oxygen atoms in total. The van der Waals surface area contributed by atoms with Crippen molar-refractivity contribution in [3.8, 4) is 5.75 Å². The van der Waals surface area contributed by atoms with Gasteiger partial charge >= 0.3 is 0 Å². The number of benzene rings is 1. The van der Waals surface area contributed by atoms with Crippen LogP contribution in [0.4, 0.5) is 0 Å². The van der Waals surface area contributed by atoms with Gasteiger partial charge in [0.2, 0.25) is 5.91 Å². The largest absolute Gasteiger partial charge is 0.497 e. The van der Waals surface area contributed by atoms with Crippen LogP contribution in [0.15, 0.2) is 24.3 Å². The zero-order valence-electron chi connectivity index (χ0n) is 14.7. The van der Waals surface area contributed by atoms with Crippen molar-refractivity contribution in [2.45, 2.75) is 31.7 Å². The minimum atomic E-state index is 0.167. The third kappa shape index (κ3) is 3.23. The van der Waals surface area contributed by atoms with Crippen molar-refractivity contribution in [1.82, 2.24) is 9.80 Å². The molecule has 1 saturated carbocycles. The van der Waals surface area contributed by atoms with Crippen molar-refractivity contribution in [3.05, 3.63) is 29.8 Å². The Morgan fingerprint density at radius 2 is 2.13 bits per heavy atom. The van der Waals surface area contributed by atoms with E-state index in [1.807, 2.05) is 12.1 Å². The Morgan fingerprint density at radius 1 is 1.35 bits per heavy atom. The number of hydrogen-bond donors (Lipinski definition) is 0. The van der Waals surface area contributed by atoms with Crippen molar-refractivity contribution in [2.75, 3.05) is 34.3 Å². The van der Waals surface area contributed by atoms with E-state index in [1.54, 1.807) is 7.11 Å². The van der Waals surface area contributed by atoms with E-state index in [2.05, 4.69) is 43.0 Å². The summed E-state index contributed by atoms with van der Waals surface area (Å²) in [5.74, 6) is 2.36. The Morgan fingerprint density at radius 3 is 2.74 bits per heavy atom. The monoisotopic (exact) mass is 316 g/mol. The molecular formula is C19H28N2O2. The maximum Gasteiger partial charge on any atom is 0.226 e. The third-order valence-corrected chi connectivity index (χ3v) is 5.54. The summed E-state index contributed by atoms with van der Waals surface area (Å²) in [5.41, 5.74) is 1.23. The van der Waals surface area contributed by atoms with Gasteiger partial charge in [0.05, 0.1) is 7.11 Å². The first-order chi connectivity index (χ1) is 11.0. The van der Waals surface area contributed by atoms with Gasteiger partial charge in [-0.3, -0.25) is 4.79 Å². The molecular weight excluding hydrogens is 288 g/mol. The summed E-state index contributed by atoms with van der Waals surface area (Å²) in [6.45, 7) is 4.02. The normalized spacial score (nSPS) is 29.9. The van der Waals surface area contributed by atoms with Gasteiger partial charge in [0.25, 0.3) is 0 Å². The minimum absolute atomic E-state index is 0.167. The summed E-state index contributed by atoms with van der Waals surface area (Å²) >= 11 is 0. The van der Waals surface area contributed by atoms with E-state index in [-0.39, 0.29) is 5.92 Å². The van der Waals surface area contributed by atoms with E-state index in [1.165, 1.54) is 5.56 Å². The molecule has 1 amide bonds. The molecule has 0 spiro atoms. The Balaban J connectivity index is 1.64. The lowest BCUT2D eigenvalue weighted by molar-refractivity contribution is -0.131. The predicted octanol–water partition coefficient (Wildman–Crippen LogP) is 2.60. The first kappa shape index (κ1) is 16.3. The van der Waals surface area contributed by atoms with Gasteiger partial charge in [-0.15, -0.1) is 0 Å². The van der Waals surface area contributed by atoms with Crippen molar-refractivity contribution in [3.63, 3.8) is 0 Å². The van der Waals surface area contributed by atoms with E-state index in [4.69, 9.17) is 4.74 Å². The van der Waals surface area contributed by atoms with Gasteiger partial charge in [-0.1, -0.05) is 25.5 Å². The molecule has 0 radical (unpaired) electrons. The Bertz CT molecular complexity index is 572. The quantitative estimate of drug-likeness (QED) is 0.837. The van der Waals surface area contributed by atoms with Gasteiger partial charge < -0.3 is 14.5 Å². The van der Waals surface area contributed by atoms with Crippen LogP contribution in [-0.4, -0.2) is 56.0 Å². The van der Waals surface area contributed by atoms with Crippen LogP contribution in [0.3, 0.4) is 0 Å². The van der Waals surface area contributed by atoms with Crippen LogP contribution in [0.25, 0.3) is 0 Å². The van der Waals surface area contributed by atoms with Gasteiger partial charge in [-0.05, 0) is 50.0 Å². The van der Waals surface area contributed by atoms with E-state index in [0.717, 1.165) is 31.7 Å². The summed E-state index contributed by atoms with van der Waals surface area (Å²) in [6, 6.07) is 8.65. The van der Waals surface area contributed by atoms with E-state index < -0.39 is 0 Å². The topological polar surface area (TPSA) is 32.8 Å². The molecule has 1 saturated heterocycles. The standard InChI is InChI=1S/C19H28N2O2/c1-5-13-11-21(12-18(13)20(2)3)19(22)17-10-16(17)14-7-6-8-15(9-14)23-4/h6-9,13,16-18H,5,10-12H2,1-4H3/t13-,16+,17-,18-/m1/s1. The molecule has 1 aliphatic carbocycles. The second kappa shape index (κ2) is 6.52. The van der Waals surface area contributed by atoms with Crippen LogP contribution in [0.5, 0.6) is 5.75 Å². The number of likely N-dealkylation sites (N-methyl/N-ethyl adjacent to an activating group) is 1. The van der Waals surface area contributed by atoms with E-state index in [0.29, 0.717) is 23.8 Å². The fraction of sp³-hybridized carbons (Fsp3) is 0.632. The molecule has 1 aromatic carbocycles. The fourth-order valence-electron chi connectivity index (χ4n) is 3.96. The maximum absolute atomic E-state index is 12.9. The molecule has 0 aromatic heterocycles. The number of ether oxygens (including phenoxy) is 1. The molecule has 126 valence electrons. The Kier molecular flexibility index (Phi) is 4.62. The lowest BCUT2D eigenvalue weighted by atomic mass is 10.0. The summed E-state index contributed by atoms with van der Waals surface area (Å²) in [6.07, 6.45) is 2.11. The molecule has 0 N–H and O–H groups in total. The molecule has 2 aliphatic rings. The maximum atomic E-state index is 12.9. The smallest absolute Gasteiger partial charge is 0.226 e.